The predicted molar refractivity (Wildman–Crippen MR) is 68.8 cm³/mol. The second kappa shape index (κ2) is 6.08. The summed E-state index contributed by atoms with van der Waals surface area (Å²) in [6.07, 6.45) is 2.13. The molecule has 1 radical (unpaired) electrons. The molecule has 2 heteroatoms. The van der Waals surface area contributed by atoms with Crippen molar-refractivity contribution in [3.63, 3.8) is 0 Å². The van der Waals surface area contributed by atoms with Crippen molar-refractivity contribution in [1.29, 1.82) is 0 Å². The Morgan fingerprint density at radius 3 is 2.40 bits per heavy atom. The molecule has 0 spiro atoms. The summed E-state index contributed by atoms with van der Waals surface area (Å²) in [5, 5.41) is 0. The molecule has 0 aliphatic rings. The van der Waals surface area contributed by atoms with E-state index in [4.69, 9.17) is 4.74 Å². The summed E-state index contributed by atoms with van der Waals surface area (Å²) >= 11 is 0. The maximum atomic E-state index is 5.59. The Morgan fingerprint density at radius 2 is 1.80 bits per heavy atom. The molecule has 0 saturated carbocycles. The highest BCUT2D eigenvalue weighted by molar-refractivity contribution is 6.76. The average Bonchev–Trinajstić information content (AvgIpc) is 2.17. The smallest absolute Gasteiger partial charge is 0.0541 e. The van der Waals surface area contributed by atoms with Crippen molar-refractivity contribution >= 4 is 8.07 Å². The summed E-state index contributed by atoms with van der Waals surface area (Å²) in [7, 11) is -0.925. The second-order valence-corrected chi connectivity index (χ2v) is 10.6. The van der Waals surface area contributed by atoms with E-state index in [2.05, 4.69) is 38.2 Å². The topological polar surface area (TPSA) is 9.23 Å². The van der Waals surface area contributed by atoms with Gasteiger partial charge in [-0.05, 0) is 11.6 Å². The molecule has 0 atom stereocenters. The second-order valence-electron chi connectivity index (χ2n) is 5.00. The van der Waals surface area contributed by atoms with E-state index in [1.807, 2.05) is 18.2 Å². The zero-order valence-corrected chi connectivity index (χ0v) is 11.0. The van der Waals surface area contributed by atoms with Gasteiger partial charge in [0, 0.05) is 21.1 Å². The largest absolute Gasteiger partial charge is 0.381 e. The van der Waals surface area contributed by atoms with Gasteiger partial charge in [0.2, 0.25) is 0 Å². The molecular formula is C13H21OSi. The summed E-state index contributed by atoms with van der Waals surface area (Å²) < 4.78 is 5.59. The highest BCUT2D eigenvalue weighted by Crippen LogP contribution is 2.08. The van der Waals surface area contributed by atoms with E-state index in [9.17, 15) is 0 Å². The van der Waals surface area contributed by atoms with Gasteiger partial charge in [-0.15, -0.1) is 0 Å². The lowest BCUT2D eigenvalue weighted by Gasteiger charge is -2.15. The van der Waals surface area contributed by atoms with Crippen molar-refractivity contribution in [3.8, 4) is 0 Å². The highest BCUT2D eigenvalue weighted by Gasteiger charge is 2.11. The molecule has 1 aromatic carbocycles. The monoisotopic (exact) mass is 221 g/mol. The van der Waals surface area contributed by atoms with Crippen molar-refractivity contribution in [1.82, 2.24) is 0 Å². The predicted octanol–water partition coefficient (Wildman–Crippen LogP) is 3.59. The van der Waals surface area contributed by atoms with Crippen LogP contribution in [-0.2, 0) is 4.74 Å². The van der Waals surface area contributed by atoms with E-state index in [0.29, 0.717) is 0 Å². The zero-order valence-electron chi connectivity index (χ0n) is 9.99. The molecule has 1 nitrogen and oxygen atoms in total. The van der Waals surface area contributed by atoms with Gasteiger partial charge >= 0.3 is 0 Å². The molecule has 83 valence electrons. The Bertz CT molecular complexity index is 264. The minimum atomic E-state index is -0.925. The van der Waals surface area contributed by atoms with Gasteiger partial charge in [0.1, 0.15) is 0 Å². The fourth-order valence-electron chi connectivity index (χ4n) is 1.21. The van der Waals surface area contributed by atoms with Crippen molar-refractivity contribution in [3.05, 3.63) is 42.3 Å². The van der Waals surface area contributed by atoms with Crippen molar-refractivity contribution in [2.45, 2.75) is 25.7 Å². The van der Waals surface area contributed by atoms with Crippen molar-refractivity contribution in [2.75, 3.05) is 13.2 Å². The molecule has 0 aliphatic carbocycles. The first kappa shape index (κ1) is 12.5. The van der Waals surface area contributed by atoms with Gasteiger partial charge in [-0.1, -0.05) is 50.0 Å². The molecule has 15 heavy (non-hydrogen) atoms. The number of rotatable bonds is 6. The number of hydrogen-bond acceptors (Lipinski definition) is 1. The zero-order chi connectivity index (χ0) is 11.1. The molecule has 0 fully saturated rings. The van der Waals surface area contributed by atoms with Gasteiger partial charge in [0.25, 0.3) is 0 Å². The third-order valence-corrected chi connectivity index (χ3v) is 3.94. The first-order valence-corrected chi connectivity index (χ1v) is 9.25. The van der Waals surface area contributed by atoms with Gasteiger partial charge in [0.05, 0.1) is 6.61 Å². The fourth-order valence-corrected chi connectivity index (χ4v) is 1.96. The molecule has 1 aromatic rings. The van der Waals surface area contributed by atoms with E-state index < -0.39 is 8.07 Å². The summed E-state index contributed by atoms with van der Waals surface area (Å²) in [5.74, 6) is 0. The van der Waals surface area contributed by atoms with Crippen molar-refractivity contribution < 1.29 is 4.74 Å². The highest BCUT2D eigenvalue weighted by atomic mass is 28.3. The minimum absolute atomic E-state index is 0.731. The molecule has 0 heterocycles. The fraction of sp³-hybridized carbons (Fsp3) is 0.462. The van der Waals surface area contributed by atoms with Crippen LogP contribution in [0.3, 0.4) is 0 Å². The lowest BCUT2D eigenvalue weighted by molar-refractivity contribution is 0.169. The summed E-state index contributed by atoms with van der Waals surface area (Å²) in [4.78, 5) is 0. The van der Waals surface area contributed by atoms with Crippen LogP contribution in [0.4, 0.5) is 0 Å². The Morgan fingerprint density at radius 1 is 1.13 bits per heavy atom. The quantitative estimate of drug-likeness (QED) is 0.527. The summed E-state index contributed by atoms with van der Waals surface area (Å²) in [6.45, 7) is 8.75. The maximum Gasteiger partial charge on any atom is 0.0541 e. The van der Waals surface area contributed by atoms with E-state index in [1.54, 1.807) is 0 Å². The number of ether oxygens (including phenoxy) is 1. The van der Waals surface area contributed by atoms with Crippen LogP contribution in [0.25, 0.3) is 0 Å². The van der Waals surface area contributed by atoms with Gasteiger partial charge in [-0.25, -0.2) is 0 Å². The Labute approximate surface area is 94.5 Å². The normalized spacial score (nSPS) is 11.7. The minimum Gasteiger partial charge on any atom is -0.381 e. The lowest BCUT2D eigenvalue weighted by atomic mass is 10.2. The van der Waals surface area contributed by atoms with E-state index in [0.717, 1.165) is 13.2 Å². The number of benzene rings is 1. The molecule has 0 bridgehead atoms. The van der Waals surface area contributed by atoms with Crippen LogP contribution in [-0.4, -0.2) is 21.3 Å². The van der Waals surface area contributed by atoms with Gasteiger partial charge < -0.3 is 4.74 Å². The Hall–Kier alpha value is -0.603. The van der Waals surface area contributed by atoms with Crippen LogP contribution >= 0.6 is 0 Å². The third-order valence-electron chi connectivity index (χ3n) is 2.23. The first-order valence-electron chi connectivity index (χ1n) is 5.54. The van der Waals surface area contributed by atoms with Crippen LogP contribution in [0.1, 0.15) is 5.56 Å². The van der Waals surface area contributed by atoms with Gasteiger partial charge in [-0.2, -0.15) is 0 Å². The van der Waals surface area contributed by atoms with Crippen LogP contribution in [0.15, 0.2) is 30.3 Å². The van der Waals surface area contributed by atoms with E-state index in [1.165, 1.54) is 11.6 Å². The van der Waals surface area contributed by atoms with E-state index >= 15 is 0 Å². The molecular weight excluding hydrogens is 200 g/mol. The molecule has 0 N–H and O–H groups in total. The molecule has 1 rings (SSSR count). The Kier molecular flexibility index (Phi) is 5.06. The first-order chi connectivity index (χ1) is 7.08. The maximum absolute atomic E-state index is 5.59. The van der Waals surface area contributed by atoms with Crippen LogP contribution in [0.2, 0.25) is 25.7 Å². The summed E-state index contributed by atoms with van der Waals surface area (Å²) in [6, 6.07) is 11.6. The molecule has 0 aromatic heterocycles. The third kappa shape index (κ3) is 6.47. The lowest BCUT2D eigenvalue weighted by Crippen LogP contribution is -2.21. The van der Waals surface area contributed by atoms with Crippen LogP contribution < -0.4 is 0 Å². The van der Waals surface area contributed by atoms with Crippen LogP contribution in [0, 0.1) is 6.42 Å². The molecule has 0 unspecified atom stereocenters. The number of hydrogen-bond donors (Lipinski definition) is 0. The van der Waals surface area contributed by atoms with E-state index in [-0.39, 0.29) is 0 Å². The molecule has 0 aliphatic heterocycles. The van der Waals surface area contributed by atoms with Gasteiger partial charge in [-0.3, -0.25) is 0 Å². The standard InChI is InChI=1S/C13H21OSi/c1-15(2,3)12-11-14-10-9-13-7-5-4-6-8-13/h4-9H,10-12H2,1-3H3. The summed E-state index contributed by atoms with van der Waals surface area (Å²) in [5.41, 5.74) is 1.24. The van der Waals surface area contributed by atoms with Gasteiger partial charge in [0.15, 0.2) is 0 Å². The Balaban J connectivity index is 2.08. The molecule has 0 saturated heterocycles. The molecule has 0 amide bonds. The van der Waals surface area contributed by atoms with Crippen molar-refractivity contribution in [2.24, 2.45) is 0 Å². The average molecular weight is 221 g/mol. The SMILES string of the molecule is C[Si](C)(C)CCOC[CH]c1ccccc1. The van der Waals surface area contributed by atoms with Crippen LogP contribution in [0.5, 0.6) is 0 Å².